The number of esters is 1. The molecule has 17 unspecified atom stereocenters. The third-order valence-corrected chi connectivity index (χ3v) is 11.8. The minimum Gasteiger partial charge on any atom is -0.460 e. The SMILES string of the molecule is CC1=CC(OC2CC(CO)C(O)C(O)C2O)C(O)C2(C)C1CC1OC(=O)C(O)C3(O)C4(C)OCC13C2C(O)C4O. The smallest absolute Gasteiger partial charge is 0.338 e. The van der Waals surface area contributed by atoms with Crippen LogP contribution >= 0.6 is 0 Å². The van der Waals surface area contributed by atoms with Gasteiger partial charge < -0.3 is 60.2 Å². The molecule has 4 aliphatic carbocycles. The van der Waals surface area contributed by atoms with Crippen molar-refractivity contribution < 1.29 is 65.0 Å². The lowest BCUT2D eigenvalue weighted by atomic mass is 9.36. The Kier molecular flexibility index (Phi) is 6.42. The molecule has 6 aliphatic rings. The van der Waals surface area contributed by atoms with Gasteiger partial charge in [0.25, 0.3) is 0 Å². The van der Waals surface area contributed by atoms with Crippen molar-refractivity contribution in [2.45, 2.75) is 106 Å². The van der Waals surface area contributed by atoms with Crippen LogP contribution in [0.4, 0.5) is 0 Å². The molecule has 1 spiro atoms. The normalized spacial score (nSPS) is 60.9. The van der Waals surface area contributed by atoms with Gasteiger partial charge in [-0.25, -0.2) is 4.79 Å². The average molecular weight is 573 g/mol. The van der Waals surface area contributed by atoms with Crippen molar-refractivity contribution in [3.8, 4) is 0 Å². The highest BCUT2D eigenvalue weighted by Crippen LogP contribution is 2.73. The quantitative estimate of drug-likeness (QED) is 0.117. The lowest BCUT2D eigenvalue weighted by Crippen LogP contribution is -2.86. The van der Waals surface area contributed by atoms with E-state index in [-0.39, 0.29) is 19.4 Å². The van der Waals surface area contributed by atoms with Crippen molar-refractivity contribution in [2.24, 2.45) is 28.6 Å². The highest BCUT2D eigenvalue weighted by atomic mass is 16.6. The second-order valence-electron chi connectivity index (χ2n) is 13.2. The minimum absolute atomic E-state index is 0.00296. The van der Waals surface area contributed by atoms with E-state index in [9.17, 15) is 50.8 Å². The van der Waals surface area contributed by atoms with Crippen LogP contribution in [0.25, 0.3) is 0 Å². The fourth-order valence-corrected chi connectivity index (χ4v) is 9.61. The molecule has 2 heterocycles. The number of allylic oxidation sites excluding steroid dienone is 1. The molecule has 17 atom stereocenters. The number of carbonyl (C=O) groups excluding carboxylic acids is 1. The molecule has 40 heavy (non-hydrogen) atoms. The van der Waals surface area contributed by atoms with E-state index in [4.69, 9.17) is 14.2 Å². The fraction of sp³-hybridized carbons (Fsp3) is 0.889. The van der Waals surface area contributed by atoms with Crippen LogP contribution in [0.15, 0.2) is 11.6 Å². The molecule has 2 bridgehead atoms. The molecule has 13 heteroatoms. The summed E-state index contributed by atoms with van der Waals surface area (Å²) < 4.78 is 17.8. The number of rotatable bonds is 3. The zero-order valence-electron chi connectivity index (χ0n) is 22.6. The van der Waals surface area contributed by atoms with Gasteiger partial charge in [-0.3, -0.25) is 0 Å². The second-order valence-corrected chi connectivity index (χ2v) is 13.2. The molecule has 0 radical (unpaired) electrons. The van der Waals surface area contributed by atoms with Crippen LogP contribution < -0.4 is 0 Å². The average Bonchev–Trinajstić information content (AvgIpc) is 3.10. The van der Waals surface area contributed by atoms with Crippen LogP contribution in [0, 0.1) is 28.6 Å². The summed E-state index contributed by atoms with van der Waals surface area (Å²) in [4.78, 5) is 12.8. The van der Waals surface area contributed by atoms with E-state index in [0.717, 1.165) is 0 Å². The number of fused-ring (bicyclic) bond motifs is 2. The highest BCUT2D eigenvalue weighted by Gasteiger charge is 2.88. The topological polar surface area (TPSA) is 227 Å². The summed E-state index contributed by atoms with van der Waals surface area (Å²) in [6, 6.07) is 0. The third kappa shape index (κ3) is 3.07. The zero-order chi connectivity index (χ0) is 29.3. The Morgan fingerprint density at radius 3 is 2.30 bits per heavy atom. The van der Waals surface area contributed by atoms with Gasteiger partial charge in [-0.2, -0.15) is 0 Å². The zero-order valence-corrected chi connectivity index (χ0v) is 22.6. The monoisotopic (exact) mass is 572 g/mol. The summed E-state index contributed by atoms with van der Waals surface area (Å²) in [5.74, 6) is -3.50. The molecule has 0 aromatic heterocycles. The summed E-state index contributed by atoms with van der Waals surface area (Å²) in [5, 5.41) is 99.1. The number of hydrogen-bond donors (Lipinski definition) is 9. The number of ether oxygens (including phenoxy) is 3. The van der Waals surface area contributed by atoms with Crippen LogP contribution in [0.2, 0.25) is 0 Å². The summed E-state index contributed by atoms with van der Waals surface area (Å²) >= 11 is 0. The molecular weight excluding hydrogens is 532 g/mol. The number of aliphatic hydroxyl groups excluding tert-OH is 8. The number of hydrogen-bond acceptors (Lipinski definition) is 13. The Balaban J connectivity index is 1.44. The van der Waals surface area contributed by atoms with Gasteiger partial charge in [0.1, 0.15) is 41.7 Å². The van der Waals surface area contributed by atoms with E-state index >= 15 is 0 Å². The lowest BCUT2D eigenvalue weighted by molar-refractivity contribution is -0.356. The predicted molar refractivity (Wildman–Crippen MR) is 131 cm³/mol. The van der Waals surface area contributed by atoms with Gasteiger partial charge in [-0.15, -0.1) is 0 Å². The van der Waals surface area contributed by atoms with Gasteiger partial charge in [0.2, 0.25) is 0 Å². The van der Waals surface area contributed by atoms with Crippen molar-refractivity contribution >= 4 is 5.97 Å². The van der Waals surface area contributed by atoms with Crippen LogP contribution in [0.3, 0.4) is 0 Å². The molecule has 5 fully saturated rings. The largest absolute Gasteiger partial charge is 0.460 e. The van der Waals surface area contributed by atoms with Crippen molar-refractivity contribution in [3.05, 3.63) is 11.6 Å². The number of aliphatic hydroxyl groups is 9. The van der Waals surface area contributed by atoms with Crippen molar-refractivity contribution in [1.29, 1.82) is 0 Å². The van der Waals surface area contributed by atoms with E-state index in [1.807, 2.05) is 0 Å². The first-order valence-electron chi connectivity index (χ1n) is 13.9. The number of carbonyl (C=O) groups is 1. The maximum Gasteiger partial charge on any atom is 0.338 e. The van der Waals surface area contributed by atoms with Crippen LogP contribution in [-0.4, -0.2) is 137 Å². The molecular formula is C27H40O13. The Hall–Kier alpha value is -1.23. The molecule has 2 saturated heterocycles. The first-order valence-corrected chi connectivity index (χ1v) is 13.9. The van der Waals surface area contributed by atoms with E-state index < -0.39 is 113 Å². The molecule has 226 valence electrons. The van der Waals surface area contributed by atoms with Gasteiger partial charge in [0.05, 0.1) is 36.4 Å². The summed E-state index contributed by atoms with van der Waals surface area (Å²) in [5.41, 5.74) is -6.48. The van der Waals surface area contributed by atoms with Crippen molar-refractivity contribution in [3.63, 3.8) is 0 Å². The van der Waals surface area contributed by atoms with Gasteiger partial charge in [-0.05, 0) is 32.6 Å². The highest BCUT2D eigenvalue weighted by molar-refractivity contribution is 5.79. The lowest BCUT2D eigenvalue weighted by Gasteiger charge is -2.71. The van der Waals surface area contributed by atoms with Gasteiger partial charge >= 0.3 is 5.97 Å². The van der Waals surface area contributed by atoms with Gasteiger partial charge in [0.15, 0.2) is 6.10 Å². The van der Waals surface area contributed by atoms with E-state index in [1.54, 1.807) is 19.9 Å². The Labute approximate surface area is 230 Å². The second kappa shape index (κ2) is 8.89. The summed E-state index contributed by atoms with van der Waals surface area (Å²) in [6.45, 7) is 4.09. The molecule has 0 aromatic rings. The molecule has 3 saturated carbocycles. The third-order valence-electron chi connectivity index (χ3n) is 11.8. The van der Waals surface area contributed by atoms with Crippen LogP contribution in [0.5, 0.6) is 0 Å². The van der Waals surface area contributed by atoms with Crippen LogP contribution in [0.1, 0.15) is 33.6 Å². The van der Waals surface area contributed by atoms with E-state index in [1.165, 1.54) is 6.92 Å². The molecule has 6 rings (SSSR count). The molecule has 13 nitrogen and oxygen atoms in total. The van der Waals surface area contributed by atoms with E-state index in [0.29, 0.717) is 5.57 Å². The Morgan fingerprint density at radius 2 is 1.65 bits per heavy atom. The molecule has 0 amide bonds. The van der Waals surface area contributed by atoms with Crippen molar-refractivity contribution in [1.82, 2.24) is 0 Å². The van der Waals surface area contributed by atoms with Gasteiger partial charge in [0, 0.05) is 23.9 Å². The summed E-state index contributed by atoms with van der Waals surface area (Å²) in [7, 11) is 0. The van der Waals surface area contributed by atoms with Gasteiger partial charge in [-0.1, -0.05) is 18.6 Å². The van der Waals surface area contributed by atoms with Crippen molar-refractivity contribution in [2.75, 3.05) is 13.2 Å². The fourth-order valence-electron chi connectivity index (χ4n) is 9.61. The maximum atomic E-state index is 12.8. The predicted octanol–water partition coefficient (Wildman–Crippen LogP) is -3.67. The van der Waals surface area contributed by atoms with Crippen LogP contribution in [-0.2, 0) is 19.0 Å². The van der Waals surface area contributed by atoms with E-state index in [2.05, 4.69) is 0 Å². The first-order chi connectivity index (χ1) is 18.6. The minimum atomic E-state index is -2.35. The molecule has 0 aromatic carbocycles. The maximum absolute atomic E-state index is 12.8. The Bertz CT molecular complexity index is 1100. The Morgan fingerprint density at radius 1 is 0.975 bits per heavy atom. The standard InChI is InChI=1S/C27H40O13/c1-9-4-13(39-12-5-10(7-28)15(29)17(31)16(12)30)20(33)24(2)11(9)6-14-26-8-38-25(3,21(34)18(32)19(24)26)27(26,37)22(35)23(36)40-14/h4,10-22,28-35,37H,5-8H2,1-3H3. The first kappa shape index (κ1) is 28.9. The molecule has 2 aliphatic heterocycles. The molecule has 9 N–H and O–H groups in total. The summed E-state index contributed by atoms with van der Waals surface area (Å²) in [6.07, 6.45) is -12.6.